The van der Waals surface area contributed by atoms with Crippen LogP contribution in [0.3, 0.4) is 0 Å². The smallest absolute Gasteiger partial charge is 0.339 e. The molecule has 2 N–H and O–H groups in total. The number of aromatic carboxylic acids is 1. The fourth-order valence-corrected chi connectivity index (χ4v) is 3.69. The van der Waals surface area contributed by atoms with Crippen LogP contribution in [0, 0.1) is 5.41 Å². The predicted molar refractivity (Wildman–Crippen MR) is 96.3 cm³/mol. The van der Waals surface area contributed by atoms with Gasteiger partial charge in [0, 0.05) is 17.8 Å². The summed E-state index contributed by atoms with van der Waals surface area (Å²) in [6.07, 6.45) is 5.40. The van der Waals surface area contributed by atoms with Crippen molar-refractivity contribution in [3.05, 3.63) is 46.4 Å². The van der Waals surface area contributed by atoms with Crippen LogP contribution in [0.4, 0.5) is 0 Å². The van der Waals surface area contributed by atoms with Gasteiger partial charge in [-0.25, -0.2) is 4.79 Å². The van der Waals surface area contributed by atoms with E-state index in [0.29, 0.717) is 0 Å². The number of rotatable bonds is 5. The quantitative estimate of drug-likeness (QED) is 0.869. The Morgan fingerprint density at radius 2 is 2.12 bits per heavy atom. The molecule has 0 saturated heterocycles. The van der Waals surface area contributed by atoms with E-state index in [1.165, 1.54) is 11.1 Å². The maximum absolute atomic E-state index is 11.4. The van der Waals surface area contributed by atoms with Gasteiger partial charge in [0.1, 0.15) is 11.3 Å². The minimum atomic E-state index is -1.06. The van der Waals surface area contributed by atoms with Crippen molar-refractivity contribution in [3.8, 4) is 17.0 Å². The second kappa shape index (κ2) is 6.75. The summed E-state index contributed by atoms with van der Waals surface area (Å²) in [5, 5.41) is 17.5. The molecule has 0 radical (unpaired) electrons. The summed E-state index contributed by atoms with van der Waals surface area (Å²) in [6, 6.07) is 6.13. The second-order valence-electron chi connectivity index (χ2n) is 6.54. The topological polar surface area (TPSA) is 75.3 Å². The molecule has 0 fully saturated rings. The third-order valence-corrected chi connectivity index (χ3v) is 4.97. The first-order valence-electron chi connectivity index (χ1n) is 8.74. The van der Waals surface area contributed by atoms with E-state index in [-0.39, 0.29) is 17.0 Å². The number of carbonyl (C=O) groups is 1. The molecule has 1 unspecified atom stereocenters. The second-order valence-corrected chi connectivity index (χ2v) is 6.54. The number of ether oxygens (including phenoxy) is 1. The lowest BCUT2D eigenvalue weighted by molar-refractivity contribution is 0.0694. The summed E-state index contributed by atoms with van der Waals surface area (Å²) in [7, 11) is 1.68. The summed E-state index contributed by atoms with van der Waals surface area (Å²) in [5.74, 6) is -0.201. The summed E-state index contributed by atoms with van der Waals surface area (Å²) in [5.41, 5.74) is 4.43. The van der Waals surface area contributed by atoms with Crippen LogP contribution in [0.2, 0.25) is 0 Å². The van der Waals surface area contributed by atoms with Crippen LogP contribution in [-0.2, 0) is 12.8 Å². The van der Waals surface area contributed by atoms with E-state index >= 15 is 0 Å². The van der Waals surface area contributed by atoms with Gasteiger partial charge in [-0.1, -0.05) is 26.3 Å². The fourth-order valence-electron chi connectivity index (χ4n) is 3.69. The third-order valence-electron chi connectivity index (χ3n) is 4.97. The third kappa shape index (κ3) is 2.95. The molecule has 0 aliphatic carbocycles. The molecule has 0 amide bonds. The van der Waals surface area contributed by atoms with E-state index in [4.69, 9.17) is 10.1 Å². The summed E-state index contributed by atoms with van der Waals surface area (Å²) < 4.78 is 7.59. The molecule has 1 atom stereocenters. The Morgan fingerprint density at radius 1 is 1.36 bits per heavy atom. The molecule has 5 heteroatoms. The van der Waals surface area contributed by atoms with Crippen LogP contribution in [0.25, 0.3) is 11.3 Å². The molecule has 25 heavy (non-hydrogen) atoms. The SMILES string of the molecule is CCCc1cc2c(cc1OC)-c1cc(=N)c(C(=O)O)cn1C(CC)C2. The van der Waals surface area contributed by atoms with E-state index in [1.54, 1.807) is 19.4 Å². The van der Waals surface area contributed by atoms with Gasteiger partial charge in [0.25, 0.3) is 0 Å². The number of benzene rings is 1. The number of carboxylic acid groups (broad SMARTS) is 1. The van der Waals surface area contributed by atoms with Crippen LogP contribution in [0.5, 0.6) is 5.75 Å². The van der Waals surface area contributed by atoms with Crippen LogP contribution in [0.1, 0.15) is 54.2 Å². The first-order valence-corrected chi connectivity index (χ1v) is 8.74. The van der Waals surface area contributed by atoms with Crippen LogP contribution in [0.15, 0.2) is 24.4 Å². The maximum atomic E-state index is 11.4. The van der Waals surface area contributed by atoms with Crippen LogP contribution < -0.4 is 10.1 Å². The first kappa shape index (κ1) is 17.3. The van der Waals surface area contributed by atoms with Gasteiger partial charge in [-0.15, -0.1) is 0 Å². The average Bonchev–Trinajstić information content (AvgIpc) is 2.60. The van der Waals surface area contributed by atoms with Gasteiger partial charge >= 0.3 is 5.97 Å². The van der Waals surface area contributed by atoms with Crippen molar-refractivity contribution in [1.82, 2.24) is 4.57 Å². The number of nitrogens with one attached hydrogen (secondary N) is 1. The van der Waals surface area contributed by atoms with Gasteiger partial charge in [-0.3, -0.25) is 5.41 Å². The van der Waals surface area contributed by atoms with Gasteiger partial charge < -0.3 is 14.4 Å². The average molecular weight is 340 g/mol. The molecule has 0 spiro atoms. The van der Waals surface area contributed by atoms with Crippen molar-refractivity contribution in [1.29, 1.82) is 5.41 Å². The molecule has 1 aliphatic heterocycles. The van der Waals surface area contributed by atoms with E-state index in [9.17, 15) is 9.90 Å². The predicted octanol–water partition coefficient (Wildman–Crippen LogP) is 3.80. The van der Waals surface area contributed by atoms with Gasteiger partial charge in [-0.05, 0) is 42.5 Å². The number of hydrogen-bond acceptors (Lipinski definition) is 3. The highest BCUT2D eigenvalue weighted by Gasteiger charge is 2.25. The lowest BCUT2D eigenvalue weighted by Gasteiger charge is -2.31. The van der Waals surface area contributed by atoms with Crippen molar-refractivity contribution in [2.24, 2.45) is 0 Å². The molecule has 0 bridgehead atoms. The Morgan fingerprint density at radius 3 is 2.72 bits per heavy atom. The summed E-state index contributed by atoms with van der Waals surface area (Å²) >= 11 is 0. The molecule has 132 valence electrons. The zero-order valence-corrected chi connectivity index (χ0v) is 14.9. The monoisotopic (exact) mass is 340 g/mol. The highest BCUT2D eigenvalue weighted by atomic mass is 16.5. The molecule has 5 nitrogen and oxygen atoms in total. The Kier molecular flexibility index (Phi) is 4.66. The number of carboxylic acids is 1. The van der Waals surface area contributed by atoms with Crippen molar-refractivity contribution >= 4 is 5.97 Å². The fraction of sp³-hybridized carbons (Fsp3) is 0.400. The Balaban J connectivity index is 2.25. The Bertz CT molecular complexity index is 883. The summed E-state index contributed by atoms with van der Waals surface area (Å²) in [4.78, 5) is 11.4. The number of aromatic nitrogens is 1. The summed E-state index contributed by atoms with van der Waals surface area (Å²) in [6.45, 7) is 4.26. The van der Waals surface area contributed by atoms with E-state index < -0.39 is 5.97 Å². The van der Waals surface area contributed by atoms with E-state index in [2.05, 4.69) is 19.9 Å². The molecule has 2 heterocycles. The number of fused-ring (bicyclic) bond motifs is 3. The van der Waals surface area contributed by atoms with Crippen molar-refractivity contribution in [2.45, 2.75) is 45.6 Å². The van der Waals surface area contributed by atoms with Crippen LogP contribution >= 0.6 is 0 Å². The number of nitrogens with zero attached hydrogens (tertiary/aromatic N) is 1. The molecule has 1 aromatic heterocycles. The first-order chi connectivity index (χ1) is 12.0. The number of aryl methyl sites for hydroxylation is 1. The molecule has 2 aromatic rings. The van der Waals surface area contributed by atoms with Crippen molar-refractivity contribution < 1.29 is 14.6 Å². The van der Waals surface area contributed by atoms with E-state index in [1.807, 2.05) is 10.6 Å². The van der Waals surface area contributed by atoms with Gasteiger partial charge in [0.15, 0.2) is 0 Å². The molecule has 0 saturated carbocycles. The largest absolute Gasteiger partial charge is 0.496 e. The molecule has 1 aliphatic rings. The van der Waals surface area contributed by atoms with Crippen molar-refractivity contribution in [3.63, 3.8) is 0 Å². The van der Waals surface area contributed by atoms with Crippen LogP contribution in [-0.4, -0.2) is 22.8 Å². The van der Waals surface area contributed by atoms with Gasteiger partial charge in [-0.2, -0.15) is 0 Å². The van der Waals surface area contributed by atoms with Crippen molar-refractivity contribution in [2.75, 3.05) is 7.11 Å². The minimum Gasteiger partial charge on any atom is -0.496 e. The normalized spacial score (nSPS) is 15.4. The molecule has 3 rings (SSSR count). The number of pyridine rings is 1. The maximum Gasteiger partial charge on any atom is 0.339 e. The molecular weight excluding hydrogens is 316 g/mol. The number of methoxy groups -OCH3 is 1. The number of hydrogen-bond donors (Lipinski definition) is 2. The lowest BCUT2D eigenvalue weighted by atomic mass is 9.88. The zero-order valence-electron chi connectivity index (χ0n) is 14.9. The minimum absolute atomic E-state index is 0.0399. The zero-order chi connectivity index (χ0) is 18.1. The lowest BCUT2D eigenvalue weighted by Crippen LogP contribution is -2.25. The van der Waals surface area contributed by atoms with Gasteiger partial charge in [0.05, 0.1) is 18.2 Å². The Hall–Kier alpha value is -2.56. The molecule has 1 aromatic carbocycles. The highest BCUT2D eigenvalue weighted by molar-refractivity contribution is 5.87. The standard InChI is InChI=1S/C20H24N2O3/c1-4-6-12-7-13-8-14(5-2)22-11-16(20(23)24)17(21)10-18(22)15(13)9-19(12)25-3/h7,9-11,14,21H,4-6,8H2,1-3H3,(H,23,24). The Labute approximate surface area is 147 Å². The highest BCUT2D eigenvalue weighted by Crippen LogP contribution is 2.39. The molecular formula is C20H24N2O3. The van der Waals surface area contributed by atoms with E-state index in [0.717, 1.165) is 42.7 Å². The van der Waals surface area contributed by atoms with Gasteiger partial charge in [0.2, 0.25) is 0 Å².